The van der Waals surface area contributed by atoms with Gasteiger partial charge in [-0.2, -0.15) is 0 Å². The smallest absolute Gasteiger partial charge is 0.344 e. The maximum Gasteiger partial charge on any atom is 0.344 e. The quantitative estimate of drug-likeness (QED) is 0.681. The largest absolute Gasteiger partial charge is 0.479 e. The summed E-state index contributed by atoms with van der Waals surface area (Å²) in [5.74, 6) is -1.06. The van der Waals surface area contributed by atoms with E-state index in [1.807, 2.05) is 0 Å². The van der Waals surface area contributed by atoms with Crippen LogP contribution in [0.5, 0.6) is 0 Å². The molecule has 4 nitrogen and oxygen atoms in total. The molecule has 1 N–H and O–H groups in total. The van der Waals surface area contributed by atoms with Gasteiger partial charge in [0, 0.05) is 12.8 Å². The van der Waals surface area contributed by atoms with Gasteiger partial charge in [-0.3, -0.25) is 0 Å². The molecule has 0 aromatic carbocycles. The highest BCUT2D eigenvalue weighted by molar-refractivity contribution is 7.80. The van der Waals surface area contributed by atoms with E-state index in [1.54, 1.807) is 0 Å². The zero-order chi connectivity index (χ0) is 10.4. The molecule has 74 valence electrons. The summed E-state index contributed by atoms with van der Waals surface area (Å²) in [6.45, 7) is 2.84. The second kappa shape index (κ2) is 5.64. The summed E-state index contributed by atoms with van der Waals surface area (Å²) < 4.78 is 4.84. The zero-order valence-corrected chi connectivity index (χ0v) is 8.39. The molecule has 0 rings (SSSR count). The molecule has 0 amide bonds. The molecule has 0 aromatic rings. The van der Waals surface area contributed by atoms with Crippen LogP contribution in [0.4, 0.5) is 0 Å². The molecule has 1 unspecified atom stereocenters. The van der Waals surface area contributed by atoms with Gasteiger partial charge >= 0.3 is 5.97 Å². The molecule has 0 fully saturated rings. The van der Waals surface area contributed by atoms with Gasteiger partial charge in [0.05, 0.1) is 0 Å². The van der Waals surface area contributed by atoms with Crippen molar-refractivity contribution in [3.63, 3.8) is 0 Å². The second-order valence-electron chi connectivity index (χ2n) is 2.67. The third-order valence-corrected chi connectivity index (χ3v) is 1.64. The van der Waals surface area contributed by atoms with E-state index >= 15 is 0 Å². The summed E-state index contributed by atoms with van der Waals surface area (Å²) in [5.41, 5.74) is 0. The van der Waals surface area contributed by atoms with Crippen molar-refractivity contribution in [2.75, 3.05) is 0 Å². The maximum absolute atomic E-state index is 10.5. The molecule has 0 aromatic heterocycles. The van der Waals surface area contributed by atoms with Crippen molar-refractivity contribution in [1.82, 2.24) is 0 Å². The second-order valence-corrected chi connectivity index (χ2v) is 3.13. The Hall–Kier alpha value is -0.970. The molecular weight excluding hydrogens is 192 g/mol. The third-order valence-electron chi connectivity index (χ3n) is 1.34. The average Bonchev–Trinajstić information content (AvgIpc) is 2.00. The highest BCUT2D eigenvalue weighted by Gasteiger charge is 2.13. The van der Waals surface area contributed by atoms with Crippen LogP contribution >= 0.6 is 12.2 Å². The number of carbonyl (C=O) groups is 2. The molecular formula is C8H12O4S. The number of hydrogen-bond acceptors (Lipinski definition) is 4. The fraction of sp³-hybridized carbons (Fsp3) is 0.625. The Kier molecular flexibility index (Phi) is 5.22. The monoisotopic (exact) mass is 204 g/mol. The summed E-state index contributed by atoms with van der Waals surface area (Å²) in [5, 5.41) is 8.63. The van der Waals surface area contributed by atoms with Crippen molar-refractivity contribution in [2.45, 2.75) is 32.8 Å². The fourth-order valence-corrected chi connectivity index (χ4v) is 0.831. The van der Waals surface area contributed by atoms with E-state index in [0.29, 0.717) is 12.8 Å². The number of hydrogen-bond donors (Lipinski definition) is 1. The lowest BCUT2D eigenvalue weighted by atomic mass is 10.2. The minimum Gasteiger partial charge on any atom is -0.479 e. The minimum atomic E-state index is -1.06. The first kappa shape index (κ1) is 12.0. The van der Waals surface area contributed by atoms with Crippen LogP contribution in [0.15, 0.2) is 0 Å². The third kappa shape index (κ3) is 6.21. The van der Waals surface area contributed by atoms with Crippen LogP contribution in [-0.2, 0) is 14.3 Å². The van der Waals surface area contributed by atoms with Crippen LogP contribution in [0.25, 0.3) is 0 Å². The fourth-order valence-electron chi connectivity index (χ4n) is 0.585. The van der Waals surface area contributed by atoms with E-state index in [0.717, 1.165) is 0 Å². The highest BCUT2D eigenvalue weighted by Crippen LogP contribution is 2.00. The Morgan fingerprint density at radius 1 is 1.46 bits per heavy atom. The lowest BCUT2D eigenvalue weighted by Crippen LogP contribution is -2.22. The molecule has 0 spiro atoms. The van der Waals surface area contributed by atoms with Gasteiger partial charge in [0.1, 0.15) is 5.78 Å². The normalized spacial score (nSPS) is 11.8. The number of thiocarbonyl (C=S) groups is 1. The molecule has 0 aliphatic carbocycles. The van der Waals surface area contributed by atoms with Gasteiger partial charge in [0.15, 0.2) is 11.2 Å². The van der Waals surface area contributed by atoms with Crippen molar-refractivity contribution in [2.24, 2.45) is 0 Å². The van der Waals surface area contributed by atoms with Gasteiger partial charge < -0.3 is 14.6 Å². The predicted molar refractivity (Wildman–Crippen MR) is 50.7 cm³/mol. The molecule has 13 heavy (non-hydrogen) atoms. The maximum atomic E-state index is 10.5. The molecule has 0 bridgehead atoms. The number of carboxylic acid groups (broad SMARTS) is 1. The molecule has 0 aliphatic heterocycles. The Morgan fingerprint density at radius 2 is 2.00 bits per heavy atom. The Balaban J connectivity index is 3.74. The van der Waals surface area contributed by atoms with E-state index in [9.17, 15) is 9.59 Å². The zero-order valence-electron chi connectivity index (χ0n) is 7.57. The van der Waals surface area contributed by atoms with E-state index < -0.39 is 12.1 Å². The van der Waals surface area contributed by atoms with Crippen LogP contribution in [-0.4, -0.2) is 28.0 Å². The van der Waals surface area contributed by atoms with E-state index in [1.165, 1.54) is 13.8 Å². The summed E-state index contributed by atoms with van der Waals surface area (Å²) in [7, 11) is 0. The van der Waals surface area contributed by atoms with Gasteiger partial charge in [0.2, 0.25) is 0 Å². The Bertz CT molecular complexity index is 224. The van der Waals surface area contributed by atoms with Crippen molar-refractivity contribution in [3.05, 3.63) is 0 Å². The van der Waals surface area contributed by atoms with Crippen molar-refractivity contribution >= 4 is 29.0 Å². The number of rotatable bonds is 5. The van der Waals surface area contributed by atoms with Crippen LogP contribution in [0.1, 0.15) is 26.7 Å². The Morgan fingerprint density at radius 3 is 2.38 bits per heavy atom. The van der Waals surface area contributed by atoms with E-state index in [4.69, 9.17) is 22.1 Å². The number of Topliss-reactive ketones (excluding diaryl/α,β-unsaturated/α-hetero) is 1. The average molecular weight is 204 g/mol. The summed E-state index contributed by atoms with van der Waals surface area (Å²) in [6, 6.07) is 0. The number of ether oxygens (including phenoxy) is 1. The first-order chi connectivity index (χ1) is 5.93. The summed E-state index contributed by atoms with van der Waals surface area (Å²) in [4.78, 5) is 20.9. The molecule has 0 radical (unpaired) electrons. The van der Waals surface area contributed by atoms with Gasteiger partial charge in [-0.05, 0) is 26.1 Å². The van der Waals surface area contributed by atoms with E-state index in [-0.39, 0.29) is 10.8 Å². The lowest BCUT2D eigenvalue weighted by Gasteiger charge is -2.09. The first-order valence-corrected chi connectivity index (χ1v) is 4.26. The van der Waals surface area contributed by atoms with Crippen LogP contribution in [0.3, 0.4) is 0 Å². The topological polar surface area (TPSA) is 63.6 Å². The van der Waals surface area contributed by atoms with Gasteiger partial charge in [-0.25, -0.2) is 4.79 Å². The molecule has 0 heterocycles. The van der Waals surface area contributed by atoms with E-state index in [2.05, 4.69) is 0 Å². The molecule has 0 saturated heterocycles. The lowest BCUT2D eigenvalue weighted by molar-refractivity contribution is -0.144. The molecule has 1 atom stereocenters. The van der Waals surface area contributed by atoms with Crippen molar-refractivity contribution in [3.8, 4) is 0 Å². The number of carboxylic acids is 1. The van der Waals surface area contributed by atoms with Gasteiger partial charge in [0.25, 0.3) is 0 Å². The Labute approximate surface area is 81.9 Å². The summed E-state index contributed by atoms with van der Waals surface area (Å²) >= 11 is 4.73. The number of ketones is 1. The standard InChI is InChI=1S/C8H12O4S/c1-5(9)3-4-7(13)12-6(2)8(10)11/h6H,3-4H2,1-2H3,(H,10,11). The van der Waals surface area contributed by atoms with Crippen LogP contribution < -0.4 is 0 Å². The van der Waals surface area contributed by atoms with Crippen molar-refractivity contribution in [1.29, 1.82) is 0 Å². The number of aliphatic carboxylic acids is 1. The SMILES string of the molecule is CC(=O)CCC(=S)OC(C)C(=O)O. The van der Waals surface area contributed by atoms with Crippen molar-refractivity contribution < 1.29 is 19.4 Å². The minimum absolute atomic E-state index is 0.00827. The molecule has 0 aliphatic rings. The number of carbonyl (C=O) groups excluding carboxylic acids is 1. The summed E-state index contributed by atoms with van der Waals surface area (Å²) in [6.07, 6.45) is -0.340. The van der Waals surface area contributed by atoms with Crippen LogP contribution in [0, 0.1) is 0 Å². The molecule has 5 heteroatoms. The highest BCUT2D eigenvalue weighted by atomic mass is 32.1. The van der Waals surface area contributed by atoms with Gasteiger partial charge in [-0.1, -0.05) is 0 Å². The predicted octanol–water partition coefficient (Wildman–Crippen LogP) is 1.17. The first-order valence-electron chi connectivity index (χ1n) is 3.85. The van der Waals surface area contributed by atoms with Gasteiger partial charge in [-0.15, -0.1) is 0 Å². The van der Waals surface area contributed by atoms with Crippen LogP contribution in [0.2, 0.25) is 0 Å². The molecule has 0 saturated carbocycles.